The van der Waals surface area contributed by atoms with E-state index < -0.39 is 0 Å². The van der Waals surface area contributed by atoms with E-state index in [4.69, 9.17) is 0 Å². The third kappa shape index (κ3) is 4.18. The fourth-order valence-electron chi connectivity index (χ4n) is 1.51. The van der Waals surface area contributed by atoms with Crippen molar-refractivity contribution in [2.45, 2.75) is 13.8 Å². The van der Waals surface area contributed by atoms with Gasteiger partial charge in [-0.25, -0.2) is 4.98 Å². The maximum absolute atomic E-state index is 11.6. The Morgan fingerprint density at radius 2 is 2.00 bits per heavy atom. The van der Waals surface area contributed by atoms with Gasteiger partial charge < -0.3 is 5.32 Å². The standard InChI is InChI=1S/C14H14N2O2S2/c1-9-3-5-11(6-4-9)12-7-20-14(15-12)16-13(18)8-19-10(2)17/h3-7H,8H2,1-2H3,(H,15,16,18). The van der Waals surface area contributed by atoms with Gasteiger partial charge in [-0.3, -0.25) is 9.59 Å². The number of benzene rings is 1. The first-order valence-corrected chi connectivity index (χ1v) is 7.87. The highest BCUT2D eigenvalue weighted by Gasteiger charge is 2.09. The number of hydrogen-bond acceptors (Lipinski definition) is 5. The van der Waals surface area contributed by atoms with Crippen molar-refractivity contribution >= 4 is 39.3 Å². The fraction of sp³-hybridized carbons (Fsp3) is 0.214. The Hall–Kier alpha value is -1.66. The summed E-state index contributed by atoms with van der Waals surface area (Å²) in [4.78, 5) is 26.7. The highest BCUT2D eigenvalue weighted by molar-refractivity contribution is 8.14. The van der Waals surface area contributed by atoms with Crippen LogP contribution in [0.2, 0.25) is 0 Å². The number of amides is 1. The summed E-state index contributed by atoms with van der Waals surface area (Å²) in [6.07, 6.45) is 0. The molecule has 1 amide bonds. The van der Waals surface area contributed by atoms with Crippen LogP contribution in [0.15, 0.2) is 29.6 Å². The van der Waals surface area contributed by atoms with Crippen molar-refractivity contribution in [3.05, 3.63) is 35.2 Å². The lowest BCUT2D eigenvalue weighted by atomic mass is 10.1. The van der Waals surface area contributed by atoms with Gasteiger partial charge in [0, 0.05) is 17.9 Å². The lowest BCUT2D eigenvalue weighted by Crippen LogP contribution is -2.14. The molecule has 0 aliphatic carbocycles. The zero-order valence-electron chi connectivity index (χ0n) is 11.2. The molecule has 1 aromatic heterocycles. The maximum atomic E-state index is 11.6. The molecule has 0 radical (unpaired) electrons. The zero-order chi connectivity index (χ0) is 14.5. The number of thioether (sulfide) groups is 1. The lowest BCUT2D eigenvalue weighted by Gasteiger charge is -2.00. The molecule has 0 fully saturated rings. The Morgan fingerprint density at radius 1 is 1.30 bits per heavy atom. The van der Waals surface area contributed by atoms with E-state index in [-0.39, 0.29) is 16.8 Å². The second kappa shape index (κ2) is 6.67. The SMILES string of the molecule is CC(=O)SCC(=O)Nc1nc(-c2ccc(C)cc2)cs1. The molecular formula is C14H14N2O2S2. The second-order valence-corrected chi connectivity index (χ2v) is 6.24. The van der Waals surface area contributed by atoms with Crippen LogP contribution in [0, 0.1) is 6.92 Å². The average molecular weight is 306 g/mol. The molecule has 2 aromatic rings. The molecule has 0 atom stereocenters. The number of thiazole rings is 1. The number of aryl methyl sites for hydroxylation is 1. The van der Waals surface area contributed by atoms with E-state index in [1.165, 1.54) is 23.8 Å². The summed E-state index contributed by atoms with van der Waals surface area (Å²) in [6.45, 7) is 3.47. The monoisotopic (exact) mass is 306 g/mol. The summed E-state index contributed by atoms with van der Waals surface area (Å²) < 4.78 is 0. The summed E-state index contributed by atoms with van der Waals surface area (Å²) in [5.74, 6) is -0.0931. The molecule has 0 saturated carbocycles. The summed E-state index contributed by atoms with van der Waals surface area (Å²) in [6, 6.07) is 8.05. The number of anilines is 1. The minimum Gasteiger partial charge on any atom is -0.301 e. The number of aromatic nitrogens is 1. The van der Waals surface area contributed by atoms with Gasteiger partial charge in [0.15, 0.2) is 10.2 Å². The Morgan fingerprint density at radius 3 is 2.65 bits per heavy atom. The first kappa shape index (κ1) is 14.7. The van der Waals surface area contributed by atoms with Gasteiger partial charge in [-0.05, 0) is 6.92 Å². The van der Waals surface area contributed by atoms with Crippen LogP contribution < -0.4 is 5.32 Å². The van der Waals surface area contributed by atoms with Gasteiger partial charge in [0.2, 0.25) is 5.91 Å². The molecule has 0 aliphatic heterocycles. The largest absolute Gasteiger partial charge is 0.301 e. The number of nitrogens with zero attached hydrogens (tertiary/aromatic N) is 1. The van der Waals surface area contributed by atoms with Gasteiger partial charge in [0.1, 0.15) is 0 Å². The predicted molar refractivity (Wildman–Crippen MR) is 84.1 cm³/mol. The van der Waals surface area contributed by atoms with Gasteiger partial charge in [-0.15, -0.1) is 11.3 Å². The normalized spacial score (nSPS) is 10.3. The third-order valence-corrected chi connectivity index (χ3v) is 4.08. The topological polar surface area (TPSA) is 59.1 Å². The molecule has 1 aromatic carbocycles. The van der Waals surface area contributed by atoms with Gasteiger partial charge in [0.25, 0.3) is 0 Å². The van der Waals surface area contributed by atoms with Crippen LogP contribution in [-0.4, -0.2) is 21.8 Å². The highest BCUT2D eigenvalue weighted by Crippen LogP contribution is 2.25. The van der Waals surface area contributed by atoms with E-state index in [2.05, 4.69) is 10.3 Å². The van der Waals surface area contributed by atoms with Crippen LogP contribution in [0.5, 0.6) is 0 Å². The van der Waals surface area contributed by atoms with Crippen molar-refractivity contribution in [2.75, 3.05) is 11.1 Å². The molecule has 0 saturated heterocycles. The Labute approximate surface area is 125 Å². The maximum Gasteiger partial charge on any atom is 0.236 e. The fourth-order valence-corrected chi connectivity index (χ4v) is 2.65. The first-order valence-electron chi connectivity index (χ1n) is 6.00. The lowest BCUT2D eigenvalue weighted by molar-refractivity contribution is -0.114. The number of carbonyl (C=O) groups excluding carboxylic acids is 2. The molecule has 0 aliphatic rings. The van der Waals surface area contributed by atoms with E-state index in [0.717, 1.165) is 23.0 Å². The number of nitrogens with one attached hydrogen (secondary N) is 1. The molecule has 20 heavy (non-hydrogen) atoms. The predicted octanol–water partition coefficient (Wildman–Crippen LogP) is 3.34. The van der Waals surface area contributed by atoms with E-state index in [9.17, 15) is 9.59 Å². The van der Waals surface area contributed by atoms with Crippen LogP contribution in [-0.2, 0) is 9.59 Å². The summed E-state index contributed by atoms with van der Waals surface area (Å²) >= 11 is 2.36. The molecule has 2 rings (SSSR count). The third-order valence-electron chi connectivity index (χ3n) is 2.50. The van der Waals surface area contributed by atoms with Gasteiger partial charge in [-0.2, -0.15) is 0 Å². The Balaban J connectivity index is 2.00. The van der Waals surface area contributed by atoms with Crippen LogP contribution in [0.3, 0.4) is 0 Å². The minimum atomic E-state index is -0.213. The smallest absolute Gasteiger partial charge is 0.236 e. The van der Waals surface area contributed by atoms with Crippen LogP contribution in [0.4, 0.5) is 5.13 Å². The van der Waals surface area contributed by atoms with Crippen LogP contribution in [0.25, 0.3) is 11.3 Å². The molecule has 0 spiro atoms. The van der Waals surface area contributed by atoms with E-state index >= 15 is 0 Å². The summed E-state index contributed by atoms with van der Waals surface area (Å²) in [5.41, 5.74) is 3.05. The molecule has 4 nitrogen and oxygen atoms in total. The highest BCUT2D eigenvalue weighted by atomic mass is 32.2. The molecular weight excluding hydrogens is 292 g/mol. The molecule has 1 N–H and O–H groups in total. The van der Waals surface area contributed by atoms with Gasteiger partial charge >= 0.3 is 0 Å². The van der Waals surface area contributed by atoms with Crippen molar-refractivity contribution in [3.8, 4) is 11.3 Å². The van der Waals surface area contributed by atoms with Crippen molar-refractivity contribution in [1.82, 2.24) is 4.98 Å². The molecule has 104 valence electrons. The van der Waals surface area contributed by atoms with Crippen molar-refractivity contribution in [2.24, 2.45) is 0 Å². The molecule has 6 heteroatoms. The number of hydrogen-bond donors (Lipinski definition) is 1. The zero-order valence-corrected chi connectivity index (χ0v) is 12.8. The van der Waals surface area contributed by atoms with Crippen molar-refractivity contribution < 1.29 is 9.59 Å². The first-order chi connectivity index (χ1) is 9.54. The van der Waals surface area contributed by atoms with Crippen molar-refractivity contribution in [3.63, 3.8) is 0 Å². The Bertz CT molecular complexity index is 620. The molecule has 1 heterocycles. The van der Waals surface area contributed by atoms with E-state index in [1.54, 1.807) is 0 Å². The minimum absolute atomic E-state index is 0.0698. The molecule has 0 unspecified atom stereocenters. The van der Waals surface area contributed by atoms with Crippen molar-refractivity contribution in [1.29, 1.82) is 0 Å². The number of rotatable bonds is 4. The van der Waals surface area contributed by atoms with Crippen LogP contribution >= 0.6 is 23.1 Å². The molecule has 0 bridgehead atoms. The van der Waals surface area contributed by atoms with Crippen LogP contribution in [0.1, 0.15) is 12.5 Å². The summed E-state index contributed by atoms with van der Waals surface area (Å²) in [5, 5.41) is 5.08. The summed E-state index contributed by atoms with van der Waals surface area (Å²) in [7, 11) is 0. The second-order valence-electron chi connectivity index (χ2n) is 4.23. The van der Waals surface area contributed by atoms with Gasteiger partial charge in [0.05, 0.1) is 11.4 Å². The quantitative estimate of drug-likeness (QED) is 0.941. The number of carbonyl (C=O) groups is 2. The van der Waals surface area contributed by atoms with E-state index in [1.807, 2.05) is 36.6 Å². The van der Waals surface area contributed by atoms with E-state index in [0.29, 0.717) is 5.13 Å². The average Bonchev–Trinajstić information content (AvgIpc) is 2.85. The van der Waals surface area contributed by atoms with Gasteiger partial charge in [-0.1, -0.05) is 41.6 Å². The Kier molecular flexibility index (Phi) is 4.92.